The summed E-state index contributed by atoms with van der Waals surface area (Å²) in [5.41, 5.74) is 0. The summed E-state index contributed by atoms with van der Waals surface area (Å²) in [6.45, 7) is 1.80. The van der Waals surface area contributed by atoms with E-state index in [-0.39, 0.29) is 11.8 Å². The molecule has 4 nitrogen and oxygen atoms in total. The van der Waals surface area contributed by atoms with E-state index in [9.17, 15) is 9.59 Å². The van der Waals surface area contributed by atoms with Crippen molar-refractivity contribution in [2.75, 3.05) is 0 Å². The quantitative estimate of drug-likeness (QED) is 0.552. The van der Waals surface area contributed by atoms with Crippen molar-refractivity contribution in [1.29, 1.82) is 0 Å². The zero-order valence-electron chi connectivity index (χ0n) is 7.65. The Morgan fingerprint density at radius 2 is 2.00 bits per heavy atom. The third-order valence-electron chi connectivity index (χ3n) is 2.01. The van der Waals surface area contributed by atoms with Gasteiger partial charge in [0.15, 0.2) is 0 Å². The van der Waals surface area contributed by atoms with Gasteiger partial charge in [-0.25, -0.2) is 4.31 Å². The molecule has 0 bridgehead atoms. The molecule has 5 heteroatoms. The molecule has 0 aromatic carbocycles. The Morgan fingerprint density at radius 1 is 1.36 bits per heavy atom. The molecule has 0 saturated carbocycles. The van der Waals surface area contributed by atoms with Crippen molar-refractivity contribution in [1.82, 2.24) is 4.31 Å². The van der Waals surface area contributed by atoms with E-state index in [0.29, 0.717) is 12.8 Å². The average molecular weight is 211 g/mol. The number of furan rings is 1. The fourth-order valence-electron chi connectivity index (χ4n) is 1.22. The van der Waals surface area contributed by atoms with Crippen LogP contribution in [0.3, 0.4) is 0 Å². The first-order valence-electron chi connectivity index (χ1n) is 4.26. The third-order valence-corrected chi connectivity index (χ3v) is 3.22. The van der Waals surface area contributed by atoms with Crippen molar-refractivity contribution < 1.29 is 14.0 Å². The van der Waals surface area contributed by atoms with Gasteiger partial charge in [0.25, 0.3) is 0 Å². The van der Waals surface area contributed by atoms with Gasteiger partial charge < -0.3 is 4.42 Å². The Balaban J connectivity index is 2.15. The number of nitrogens with zero attached hydrogens (tertiary/aromatic N) is 1. The topological polar surface area (TPSA) is 50.5 Å². The van der Waals surface area contributed by atoms with Gasteiger partial charge in [0.1, 0.15) is 5.76 Å². The fraction of sp³-hybridized carbons (Fsp3) is 0.333. The van der Waals surface area contributed by atoms with E-state index >= 15 is 0 Å². The lowest BCUT2D eigenvalue weighted by atomic mass is 10.4. The molecule has 1 fully saturated rings. The number of imide groups is 1. The van der Waals surface area contributed by atoms with Crippen LogP contribution >= 0.6 is 11.9 Å². The van der Waals surface area contributed by atoms with Gasteiger partial charge in [0.2, 0.25) is 11.8 Å². The molecule has 0 N–H and O–H groups in total. The van der Waals surface area contributed by atoms with E-state index in [2.05, 4.69) is 0 Å². The molecule has 0 spiro atoms. The summed E-state index contributed by atoms with van der Waals surface area (Å²) in [5, 5.41) is 0. The zero-order chi connectivity index (χ0) is 10.1. The van der Waals surface area contributed by atoms with Crippen LogP contribution in [0.5, 0.6) is 0 Å². The molecule has 74 valence electrons. The smallest absolute Gasteiger partial charge is 0.240 e. The Labute approximate surface area is 85.4 Å². The van der Waals surface area contributed by atoms with Crippen LogP contribution in [0, 0.1) is 6.92 Å². The molecular formula is C9H9NO3S. The predicted octanol–water partition coefficient (Wildman–Crippen LogP) is 1.74. The van der Waals surface area contributed by atoms with Gasteiger partial charge in [-0.3, -0.25) is 9.59 Å². The molecule has 1 aliphatic heterocycles. The van der Waals surface area contributed by atoms with E-state index in [1.165, 1.54) is 4.31 Å². The van der Waals surface area contributed by atoms with Crippen LogP contribution in [-0.2, 0) is 9.59 Å². The van der Waals surface area contributed by atoms with Crippen LogP contribution in [0.1, 0.15) is 18.6 Å². The molecule has 0 aliphatic carbocycles. The van der Waals surface area contributed by atoms with Gasteiger partial charge in [-0.1, -0.05) is 0 Å². The minimum absolute atomic E-state index is 0.124. The van der Waals surface area contributed by atoms with Crippen LogP contribution in [0.2, 0.25) is 0 Å². The minimum Gasteiger partial charge on any atom is -0.468 e. The summed E-state index contributed by atoms with van der Waals surface area (Å²) in [4.78, 5) is 23.4. The normalized spacial score (nSPS) is 16.8. The molecule has 2 amide bonds. The molecular weight excluding hydrogens is 202 g/mol. The van der Waals surface area contributed by atoms with Crippen molar-refractivity contribution in [3.63, 3.8) is 0 Å². The highest BCUT2D eigenvalue weighted by atomic mass is 32.2. The second kappa shape index (κ2) is 3.49. The van der Waals surface area contributed by atoms with Crippen molar-refractivity contribution in [2.24, 2.45) is 0 Å². The number of carbonyl (C=O) groups is 2. The Bertz CT molecular complexity index is 369. The number of carbonyl (C=O) groups excluding carboxylic acids is 2. The second-order valence-corrected chi connectivity index (χ2v) is 4.00. The second-order valence-electron chi connectivity index (χ2n) is 3.01. The highest BCUT2D eigenvalue weighted by Gasteiger charge is 2.30. The number of amides is 2. The molecule has 0 unspecified atom stereocenters. The van der Waals surface area contributed by atoms with Crippen molar-refractivity contribution in [3.8, 4) is 0 Å². The van der Waals surface area contributed by atoms with Crippen molar-refractivity contribution >= 4 is 23.8 Å². The first-order valence-corrected chi connectivity index (χ1v) is 5.03. The number of aryl methyl sites for hydroxylation is 1. The van der Waals surface area contributed by atoms with Crippen molar-refractivity contribution in [3.05, 3.63) is 18.1 Å². The summed E-state index contributed by atoms with van der Waals surface area (Å²) in [7, 11) is 0. The van der Waals surface area contributed by atoms with Crippen LogP contribution in [-0.4, -0.2) is 16.1 Å². The molecule has 0 radical (unpaired) electrons. The van der Waals surface area contributed by atoms with Crippen molar-refractivity contribution in [2.45, 2.75) is 24.7 Å². The van der Waals surface area contributed by atoms with E-state index in [1.807, 2.05) is 0 Å². The lowest BCUT2D eigenvalue weighted by molar-refractivity contribution is -0.131. The molecule has 14 heavy (non-hydrogen) atoms. The molecule has 1 saturated heterocycles. The summed E-state index contributed by atoms with van der Waals surface area (Å²) >= 11 is 1.14. The number of hydrogen-bond donors (Lipinski definition) is 0. The molecule has 0 atom stereocenters. The van der Waals surface area contributed by atoms with E-state index in [4.69, 9.17) is 4.42 Å². The molecule has 2 rings (SSSR count). The number of rotatable bonds is 2. The SMILES string of the molecule is Cc1occc1SN1C(=O)CCC1=O. The maximum Gasteiger partial charge on any atom is 0.240 e. The standard InChI is InChI=1S/C9H9NO3S/c1-6-7(4-5-13-6)14-10-8(11)2-3-9(10)12/h4-5H,2-3H2,1H3. The van der Waals surface area contributed by atoms with Crippen LogP contribution < -0.4 is 0 Å². The number of hydrogen-bond acceptors (Lipinski definition) is 4. The van der Waals surface area contributed by atoms with E-state index < -0.39 is 0 Å². The summed E-state index contributed by atoms with van der Waals surface area (Å²) in [6, 6.07) is 1.75. The molecule has 2 heterocycles. The zero-order valence-corrected chi connectivity index (χ0v) is 8.47. The van der Waals surface area contributed by atoms with Crippen LogP contribution in [0.4, 0.5) is 0 Å². The molecule has 1 aliphatic rings. The molecule has 1 aromatic rings. The van der Waals surface area contributed by atoms with Gasteiger partial charge in [-0.15, -0.1) is 0 Å². The summed E-state index contributed by atoms with van der Waals surface area (Å²) < 4.78 is 6.28. The van der Waals surface area contributed by atoms with Crippen LogP contribution in [0.25, 0.3) is 0 Å². The minimum atomic E-state index is -0.124. The Hall–Kier alpha value is -1.23. The predicted molar refractivity (Wildman–Crippen MR) is 50.4 cm³/mol. The van der Waals surface area contributed by atoms with Gasteiger partial charge in [0.05, 0.1) is 11.2 Å². The van der Waals surface area contributed by atoms with Gasteiger partial charge in [-0.05, 0) is 13.0 Å². The van der Waals surface area contributed by atoms with E-state index in [1.54, 1.807) is 19.3 Å². The maximum absolute atomic E-state index is 11.3. The first kappa shape index (κ1) is 9.33. The lowest BCUT2D eigenvalue weighted by Gasteiger charge is -2.10. The summed E-state index contributed by atoms with van der Waals surface area (Å²) in [5.74, 6) is 0.476. The monoisotopic (exact) mass is 211 g/mol. The molecule has 1 aromatic heterocycles. The largest absolute Gasteiger partial charge is 0.468 e. The third kappa shape index (κ3) is 1.55. The summed E-state index contributed by atoms with van der Waals surface area (Å²) in [6.07, 6.45) is 2.19. The van der Waals surface area contributed by atoms with Gasteiger partial charge in [0, 0.05) is 24.8 Å². The maximum atomic E-state index is 11.3. The lowest BCUT2D eigenvalue weighted by Crippen LogP contribution is -2.20. The highest BCUT2D eigenvalue weighted by molar-refractivity contribution is 7.98. The first-order chi connectivity index (χ1) is 6.68. The van der Waals surface area contributed by atoms with Gasteiger partial charge in [-0.2, -0.15) is 0 Å². The van der Waals surface area contributed by atoms with E-state index in [0.717, 1.165) is 22.6 Å². The Kier molecular flexibility index (Phi) is 2.33. The van der Waals surface area contributed by atoms with Crippen LogP contribution in [0.15, 0.2) is 21.6 Å². The average Bonchev–Trinajstić information content (AvgIpc) is 2.67. The Morgan fingerprint density at radius 3 is 2.50 bits per heavy atom. The fourth-order valence-corrected chi connectivity index (χ4v) is 2.10. The highest BCUT2D eigenvalue weighted by Crippen LogP contribution is 2.30. The van der Waals surface area contributed by atoms with Gasteiger partial charge >= 0.3 is 0 Å².